The lowest BCUT2D eigenvalue weighted by molar-refractivity contribution is -0.173. The van der Waals surface area contributed by atoms with E-state index in [9.17, 15) is 27.6 Å². The standard InChI is InChI=1S/C25H23Br2F3N4O5S/c1-4-38-23(36)16-11(3)19(24(37)39-5-2)40-22(16)32-21(35)18-17(27)20-31-14(12-6-8-13(26)9-7-12)10-15(25(28,29)30)34(20)33-18/h6-9,14-15,31H,4-5,10H2,1-3H3,(H,32,35)/t14-,15+/m0/s1. The molecule has 0 radical (unpaired) electrons. The number of fused-ring (bicyclic) bond motifs is 1. The lowest BCUT2D eigenvalue weighted by atomic mass is 9.97. The smallest absolute Gasteiger partial charge is 0.410 e. The minimum atomic E-state index is -4.65. The van der Waals surface area contributed by atoms with Crippen molar-refractivity contribution in [3.63, 3.8) is 0 Å². The van der Waals surface area contributed by atoms with Gasteiger partial charge in [-0.15, -0.1) is 11.3 Å². The Morgan fingerprint density at radius 2 is 1.75 bits per heavy atom. The third-order valence-corrected chi connectivity index (χ3v) is 8.56. The van der Waals surface area contributed by atoms with E-state index in [0.717, 1.165) is 20.5 Å². The number of thiophene rings is 1. The van der Waals surface area contributed by atoms with Gasteiger partial charge in [0.2, 0.25) is 0 Å². The summed E-state index contributed by atoms with van der Waals surface area (Å²) in [5.41, 5.74) is 0.482. The van der Waals surface area contributed by atoms with Crippen molar-refractivity contribution in [3.05, 3.63) is 60.5 Å². The Morgan fingerprint density at radius 3 is 2.35 bits per heavy atom. The van der Waals surface area contributed by atoms with Gasteiger partial charge in [-0.05, 0) is 60.0 Å². The molecule has 40 heavy (non-hydrogen) atoms. The van der Waals surface area contributed by atoms with Crippen LogP contribution >= 0.6 is 43.2 Å². The Morgan fingerprint density at radius 1 is 1.12 bits per heavy atom. The number of halogens is 5. The van der Waals surface area contributed by atoms with Gasteiger partial charge in [0, 0.05) is 10.9 Å². The number of anilines is 2. The summed E-state index contributed by atoms with van der Waals surface area (Å²) in [5.74, 6) is -2.38. The van der Waals surface area contributed by atoms with Crippen molar-refractivity contribution in [2.24, 2.45) is 0 Å². The highest BCUT2D eigenvalue weighted by Gasteiger charge is 2.48. The van der Waals surface area contributed by atoms with Gasteiger partial charge in [0.05, 0.1) is 29.3 Å². The van der Waals surface area contributed by atoms with Gasteiger partial charge < -0.3 is 20.1 Å². The number of esters is 2. The molecule has 0 fully saturated rings. The van der Waals surface area contributed by atoms with Crippen molar-refractivity contribution in [1.82, 2.24) is 9.78 Å². The summed E-state index contributed by atoms with van der Waals surface area (Å²) < 4.78 is 54.1. The molecule has 4 rings (SSSR count). The molecular weight excluding hydrogens is 685 g/mol. The second-order valence-corrected chi connectivity index (χ2v) is 11.4. The number of nitrogens with zero attached hydrogens (tertiary/aromatic N) is 2. The highest BCUT2D eigenvalue weighted by molar-refractivity contribution is 9.11. The van der Waals surface area contributed by atoms with E-state index in [-0.39, 0.29) is 56.6 Å². The number of hydrogen-bond acceptors (Lipinski definition) is 8. The molecule has 0 unspecified atom stereocenters. The van der Waals surface area contributed by atoms with Crippen LogP contribution in [0, 0.1) is 6.92 Å². The van der Waals surface area contributed by atoms with Crippen LogP contribution in [0.3, 0.4) is 0 Å². The summed E-state index contributed by atoms with van der Waals surface area (Å²) in [5, 5.41) is 9.57. The van der Waals surface area contributed by atoms with Gasteiger partial charge >= 0.3 is 18.1 Å². The number of hydrogen-bond donors (Lipinski definition) is 2. The Hall–Kier alpha value is -2.91. The van der Waals surface area contributed by atoms with E-state index in [1.54, 1.807) is 38.1 Å². The third-order valence-electron chi connectivity index (χ3n) is 6.10. The highest BCUT2D eigenvalue weighted by Crippen LogP contribution is 2.46. The van der Waals surface area contributed by atoms with Crippen molar-refractivity contribution >= 4 is 71.9 Å². The van der Waals surface area contributed by atoms with Crippen LogP contribution in [0.5, 0.6) is 0 Å². The number of carbonyl (C=O) groups excluding carboxylic acids is 3. The number of aromatic nitrogens is 2. The molecule has 0 spiro atoms. The third kappa shape index (κ3) is 5.91. The lowest BCUT2D eigenvalue weighted by Gasteiger charge is -2.33. The van der Waals surface area contributed by atoms with Crippen LogP contribution < -0.4 is 10.6 Å². The van der Waals surface area contributed by atoms with E-state index < -0.39 is 36.1 Å². The second-order valence-electron chi connectivity index (χ2n) is 8.65. The first-order chi connectivity index (χ1) is 18.9. The number of nitrogens with one attached hydrogen (secondary N) is 2. The van der Waals surface area contributed by atoms with Crippen LogP contribution in [-0.2, 0) is 9.47 Å². The molecule has 1 aromatic carbocycles. The van der Waals surface area contributed by atoms with Crippen molar-refractivity contribution in [3.8, 4) is 0 Å². The molecule has 1 amide bonds. The molecular formula is C25H23Br2F3N4O5S. The van der Waals surface area contributed by atoms with E-state index in [2.05, 4.69) is 47.6 Å². The molecule has 9 nitrogen and oxygen atoms in total. The zero-order chi connectivity index (χ0) is 29.4. The molecule has 3 heterocycles. The number of amides is 1. The van der Waals surface area contributed by atoms with Crippen molar-refractivity contribution in [1.29, 1.82) is 0 Å². The fraction of sp³-hybridized carbons (Fsp3) is 0.360. The predicted octanol–water partition coefficient (Wildman–Crippen LogP) is 7.04. The Balaban J connectivity index is 1.72. The maximum absolute atomic E-state index is 14.2. The summed E-state index contributed by atoms with van der Waals surface area (Å²) in [7, 11) is 0. The maximum atomic E-state index is 14.2. The van der Waals surface area contributed by atoms with E-state index >= 15 is 0 Å². The molecule has 2 N–H and O–H groups in total. The van der Waals surface area contributed by atoms with Crippen LogP contribution in [0.25, 0.3) is 0 Å². The van der Waals surface area contributed by atoms with Crippen molar-refractivity contribution in [2.75, 3.05) is 23.8 Å². The summed E-state index contributed by atoms with van der Waals surface area (Å²) >= 11 is 7.37. The topological polar surface area (TPSA) is 112 Å². The van der Waals surface area contributed by atoms with Gasteiger partial charge in [-0.2, -0.15) is 18.3 Å². The summed E-state index contributed by atoms with van der Waals surface area (Å²) in [6.45, 7) is 4.86. The summed E-state index contributed by atoms with van der Waals surface area (Å²) in [6.07, 6.45) is -5.01. The summed E-state index contributed by atoms with van der Waals surface area (Å²) in [6, 6.07) is 4.16. The van der Waals surface area contributed by atoms with Gasteiger partial charge in [-0.25, -0.2) is 14.3 Å². The number of ether oxygens (including phenoxy) is 2. The van der Waals surface area contributed by atoms with Crippen LogP contribution in [-0.4, -0.2) is 47.0 Å². The molecule has 15 heteroatoms. The van der Waals surface area contributed by atoms with E-state index in [1.807, 2.05) is 0 Å². The van der Waals surface area contributed by atoms with Gasteiger partial charge in [0.15, 0.2) is 11.7 Å². The first kappa shape index (κ1) is 30.1. The first-order valence-electron chi connectivity index (χ1n) is 12.0. The molecule has 1 aliphatic rings. The number of alkyl halides is 3. The molecule has 214 valence electrons. The largest absolute Gasteiger partial charge is 0.462 e. The van der Waals surface area contributed by atoms with Gasteiger partial charge in [-0.3, -0.25) is 4.79 Å². The fourth-order valence-electron chi connectivity index (χ4n) is 4.25. The SMILES string of the molecule is CCOC(=O)c1sc(NC(=O)c2nn3c(c2Br)N[C@H](c2ccc(Br)cc2)C[C@@H]3C(F)(F)F)c(C(=O)OCC)c1C. The number of rotatable bonds is 7. The average molecular weight is 708 g/mol. The Kier molecular flexibility index (Phi) is 8.95. The van der Waals surface area contributed by atoms with Crippen LogP contribution in [0.4, 0.5) is 24.0 Å². The molecule has 2 aromatic heterocycles. The van der Waals surface area contributed by atoms with Crippen LogP contribution in [0.15, 0.2) is 33.2 Å². The van der Waals surface area contributed by atoms with E-state index in [0.29, 0.717) is 5.56 Å². The Labute approximate surface area is 247 Å². The zero-order valence-electron chi connectivity index (χ0n) is 21.3. The fourth-order valence-corrected chi connectivity index (χ4v) is 6.16. The molecule has 1 aliphatic heterocycles. The lowest BCUT2D eigenvalue weighted by Crippen LogP contribution is -2.35. The first-order valence-corrected chi connectivity index (χ1v) is 14.4. The maximum Gasteiger partial charge on any atom is 0.410 e. The molecule has 0 aliphatic carbocycles. The van der Waals surface area contributed by atoms with Gasteiger partial charge in [-0.1, -0.05) is 28.1 Å². The minimum absolute atomic E-state index is 0.0117. The average Bonchev–Trinajstić information content (AvgIpc) is 3.40. The highest BCUT2D eigenvalue weighted by atomic mass is 79.9. The van der Waals surface area contributed by atoms with Crippen LogP contribution in [0.2, 0.25) is 0 Å². The zero-order valence-corrected chi connectivity index (χ0v) is 25.3. The number of benzene rings is 1. The molecule has 0 saturated heterocycles. The quantitative estimate of drug-likeness (QED) is 0.253. The van der Waals surface area contributed by atoms with Crippen molar-refractivity contribution in [2.45, 2.75) is 45.5 Å². The van der Waals surface area contributed by atoms with Gasteiger partial charge in [0.25, 0.3) is 5.91 Å². The van der Waals surface area contributed by atoms with E-state index in [1.165, 1.54) is 6.92 Å². The molecule has 0 saturated carbocycles. The monoisotopic (exact) mass is 706 g/mol. The van der Waals surface area contributed by atoms with Crippen molar-refractivity contribution < 1.29 is 37.0 Å². The summed E-state index contributed by atoms with van der Waals surface area (Å²) in [4.78, 5) is 38.6. The Bertz CT molecular complexity index is 1460. The van der Waals surface area contributed by atoms with Gasteiger partial charge in [0.1, 0.15) is 15.7 Å². The predicted molar refractivity (Wildman–Crippen MR) is 149 cm³/mol. The second kappa shape index (κ2) is 11.9. The number of carbonyl (C=O) groups is 3. The van der Waals surface area contributed by atoms with E-state index in [4.69, 9.17) is 9.47 Å². The molecule has 0 bridgehead atoms. The van der Waals surface area contributed by atoms with Crippen LogP contribution in [0.1, 0.15) is 74.0 Å². The minimum Gasteiger partial charge on any atom is -0.462 e. The molecule has 3 aromatic rings. The molecule has 2 atom stereocenters. The normalized spacial score (nSPS) is 16.6.